The van der Waals surface area contributed by atoms with E-state index in [1.54, 1.807) is 0 Å². The molecule has 0 saturated carbocycles. The van der Waals surface area contributed by atoms with Gasteiger partial charge in [0.1, 0.15) is 0 Å². The topological polar surface area (TPSA) is 271 Å². The van der Waals surface area contributed by atoms with Gasteiger partial charge in [-0.2, -0.15) is 0 Å². The summed E-state index contributed by atoms with van der Waals surface area (Å²) in [6, 6.07) is 2.74. The van der Waals surface area contributed by atoms with Gasteiger partial charge in [-0.1, -0.05) is 0 Å². The van der Waals surface area contributed by atoms with Gasteiger partial charge in [0.15, 0.2) is 0 Å². The van der Waals surface area contributed by atoms with Gasteiger partial charge in [-0.15, -0.1) is 0 Å². The second-order valence-electron chi connectivity index (χ2n) is 4.79. The second-order valence-corrected chi connectivity index (χ2v) is 4.79. The molecule has 0 aromatic heterocycles. The molecule has 4 N–H and O–H groups in total. The molecular weight excluding hydrogens is 412 g/mol. The molecule has 0 atom stereocenters. The van der Waals surface area contributed by atoms with Crippen molar-refractivity contribution < 1.29 is 29.9 Å². The van der Waals surface area contributed by atoms with Gasteiger partial charge in [0.25, 0.3) is 22.7 Å². The zero-order valence-corrected chi connectivity index (χ0v) is 15.5. The van der Waals surface area contributed by atoms with E-state index in [1.807, 2.05) is 0 Å². The molecule has 2 rings (SSSR count). The Kier molecular flexibility index (Phi) is 8.45. The van der Waals surface area contributed by atoms with Crippen molar-refractivity contribution in [2.75, 3.05) is 11.5 Å². The summed E-state index contributed by atoms with van der Waals surface area (Å²) in [6.07, 6.45) is 0. The van der Waals surface area contributed by atoms with E-state index in [0.29, 0.717) is 12.1 Å². The maximum absolute atomic E-state index is 11.0. The Labute approximate surface area is 175 Å². The van der Waals surface area contributed by atoms with Crippen molar-refractivity contribution in [3.05, 3.63) is 64.7 Å². The molecule has 0 bridgehead atoms. The number of nitrogens with zero attached hydrogens (tertiary/aromatic N) is 4. The van der Waals surface area contributed by atoms with Crippen LogP contribution in [0.5, 0.6) is 11.5 Å². The van der Waals surface area contributed by atoms with Crippen LogP contribution in [0.15, 0.2) is 24.3 Å². The van der Waals surface area contributed by atoms with E-state index in [4.69, 9.17) is 11.5 Å². The quantitative estimate of drug-likeness (QED) is 0.284. The van der Waals surface area contributed by atoms with Crippen LogP contribution in [-0.2, 0) is 0 Å². The standard InChI is InChI=1S/2C6H5N3O5.Mg/c2*7-4-1-3(8(11)12)2-5(6(4)10)9(13)14;/h2*1-2,10H,7H2;/q;;+2/p-2. The Morgan fingerprint density at radius 1 is 0.586 bits per heavy atom. The third-order valence-corrected chi connectivity index (χ3v) is 2.98. The first-order chi connectivity index (χ1) is 12.9. The first-order valence-corrected chi connectivity index (χ1v) is 6.65. The van der Waals surface area contributed by atoms with Crippen LogP contribution in [0.3, 0.4) is 0 Å². The van der Waals surface area contributed by atoms with Crippen LogP contribution in [-0.4, -0.2) is 42.7 Å². The normalized spacial score (nSPS) is 9.38. The number of hydrogen-bond acceptors (Lipinski definition) is 12. The Hall–Kier alpha value is -3.99. The molecule has 29 heavy (non-hydrogen) atoms. The van der Waals surface area contributed by atoms with Gasteiger partial charge in [-0.25, -0.2) is 0 Å². The second kappa shape index (κ2) is 9.80. The van der Waals surface area contributed by atoms with E-state index in [-0.39, 0.29) is 23.1 Å². The number of non-ortho nitro benzene ring substituents is 2. The predicted molar refractivity (Wildman–Crippen MR) is 93.0 cm³/mol. The minimum atomic E-state index is -1.01. The van der Waals surface area contributed by atoms with Gasteiger partial charge in [-0.05, 0) is 11.5 Å². The predicted octanol–water partition coefficient (Wildman–Crippen LogP) is -0.0632. The van der Waals surface area contributed by atoms with E-state index in [1.165, 1.54) is 0 Å². The van der Waals surface area contributed by atoms with E-state index < -0.39 is 65.3 Å². The Balaban J connectivity index is 0.000000523. The smallest absolute Gasteiger partial charge is 0.866 e. The number of nitrogens with two attached hydrogens (primary N) is 2. The largest absolute Gasteiger partial charge is 2.00 e. The molecule has 0 saturated heterocycles. The van der Waals surface area contributed by atoms with Crippen molar-refractivity contribution in [2.24, 2.45) is 0 Å². The summed E-state index contributed by atoms with van der Waals surface area (Å²) in [4.78, 5) is 37.3. The van der Waals surface area contributed by atoms with Crippen LogP contribution < -0.4 is 21.7 Å². The van der Waals surface area contributed by atoms with Gasteiger partial charge in [0, 0.05) is 23.5 Å². The molecule has 0 amide bonds. The van der Waals surface area contributed by atoms with Gasteiger partial charge in [0.2, 0.25) is 0 Å². The minimum Gasteiger partial charge on any atom is -0.866 e. The van der Waals surface area contributed by atoms with Crippen LogP contribution in [0.2, 0.25) is 0 Å². The van der Waals surface area contributed by atoms with Crippen molar-refractivity contribution >= 4 is 57.2 Å². The molecule has 16 nitrogen and oxygen atoms in total. The van der Waals surface area contributed by atoms with E-state index >= 15 is 0 Å². The fourth-order valence-electron chi connectivity index (χ4n) is 1.72. The molecule has 0 aliphatic rings. The Morgan fingerprint density at radius 3 is 1.07 bits per heavy atom. The average molecular weight is 421 g/mol. The molecule has 148 valence electrons. The summed E-state index contributed by atoms with van der Waals surface area (Å²) in [7, 11) is 0. The van der Waals surface area contributed by atoms with Gasteiger partial charge in [0.05, 0.1) is 31.8 Å². The first-order valence-electron chi connectivity index (χ1n) is 6.65. The number of nitro benzene ring substituents is 4. The molecule has 0 spiro atoms. The summed E-state index contributed by atoms with van der Waals surface area (Å²) in [5, 5.41) is 63.1. The molecule has 0 unspecified atom stereocenters. The third kappa shape index (κ3) is 6.00. The molecule has 0 heterocycles. The zero-order valence-electron chi connectivity index (χ0n) is 14.0. The summed E-state index contributed by atoms with van der Waals surface area (Å²) in [5.74, 6) is -2.03. The minimum absolute atomic E-state index is 0. The number of anilines is 2. The van der Waals surface area contributed by atoms with Crippen LogP contribution in [0.1, 0.15) is 0 Å². The zero-order chi connectivity index (χ0) is 21.8. The molecular formula is C12H8MgN6O10. The maximum atomic E-state index is 11.0. The Bertz CT molecular complexity index is 918. The fraction of sp³-hybridized carbons (Fsp3) is 0. The molecule has 0 fully saturated rings. The number of benzene rings is 2. The fourth-order valence-corrected chi connectivity index (χ4v) is 1.72. The molecule has 0 radical (unpaired) electrons. The number of hydrogen-bond donors (Lipinski definition) is 2. The van der Waals surface area contributed by atoms with Gasteiger partial charge >= 0.3 is 23.1 Å². The average Bonchev–Trinajstić information content (AvgIpc) is 2.59. The third-order valence-electron chi connectivity index (χ3n) is 2.98. The van der Waals surface area contributed by atoms with Crippen molar-refractivity contribution in [3.8, 4) is 11.5 Å². The summed E-state index contributed by atoms with van der Waals surface area (Å²) < 4.78 is 0. The van der Waals surface area contributed by atoms with Crippen LogP contribution in [0, 0.1) is 40.5 Å². The number of nitrogen functional groups attached to an aromatic ring is 2. The SMILES string of the molecule is Nc1cc([N+](=O)[O-])cc([N+](=O)[O-])c1[O-].Nc1cc([N+](=O)[O-])cc([N+](=O)[O-])c1[O-].[Mg+2]. The summed E-state index contributed by atoms with van der Waals surface area (Å²) in [5.41, 5.74) is 6.20. The first kappa shape index (κ1) is 25.0. The maximum Gasteiger partial charge on any atom is 2.00 e. The monoisotopic (exact) mass is 420 g/mol. The molecule has 0 aliphatic carbocycles. The van der Waals surface area contributed by atoms with E-state index in [0.717, 1.165) is 12.1 Å². The van der Waals surface area contributed by atoms with Crippen molar-refractivity contribution in [1.29, 1.82) is 0 Å². The van der Waals surface area contributed by atoms with Gasteiger partial charge < -0.3 is 21.7 Å². The van der Waals surface area contributed by atoms with Crippen LogP contribution in [0.4, 0.5) is 34.1 Å². The van der Waals surface area contributed by atoms with Crippen molar-refractivity contribution in [3.63, 3.8) is 0 Å². The molecule has 2 aromatic carbocycles. The van der Waals surface area contributed by atoms with Gasteiger partial charge in [-0.3, -0.25) is 40.5 Å². The summed E-state index contributed by atoms with van der Waals surface area (Å²) >= 11 is 0. The number of rotatable bonds is 4. The van der Waals surface area contributed by atoms with Crippen LogP contribution in [0.25, 0.3) is 0 Å². The summed E-state index contributed by atoms with van der Waals surface area (Å²) in [6.45, 7) is 0. The molecule has 2 aromatic rings. The van der Waals surface area contributed by atoms with E-state index in [9.17, 15) is 50.7 Å². The van der Waals surface area contributed by atoms with Crippen LogP contribution >= 0.6 is 0 Å². The van der Waals surface area contributed by atoms with Crippen molar-refractivity contribution in [1.82, 2.24) is 0 Å². The van der Waals surface area contributed by atoms with Crippen molar-refractivity contribution in [2.45, 2.75) is 0 Å². The Morgan fingerprint density at radius 2 is 0.862 bits per heavy atom. The number of nitro groups is 4. The molecule has 17 heteroatoms. The molecule has 0 aliphatic heterocycles. The van der Waals surface area contributed by atoms with E-state index in [2.05, 4.69) is 0 Å².